The number of hydrogen-bond donors (Lipinski definition) is 1. The number of likely N-dealkylation sites (N-methyl/N-ethyl adjacent to an activating group) is 1. The molecule has 1 N–H and O–H groups in total. The Labute approximate surface area is 343 Å². The number of carbonyl (C=O) groups excluding carboxylic acids is 1. The first-order valence-corrected chi connectivity index (χ1v) is 20.4. The number of benzene rings is 2. The lowest BCUT2D eigenvalue weighted by molar-refractivity contribution is -0.158. The van der Waals surface area contributed by atoms with Crippen molar-refractivity contribution < 1.29 is 37.7 Å². The van der Waals surface area contributed by atoms with Gasteiger partial charge in [-0.3, -0.25) is 9.80 Å². The first-order chi connectivity index (χ1) is 27.2. The fourth-order valence-electron chi connectivity index (χ4n) is 7.02. The molecule has 0 amide bonds. The number of halogens is 2. The predicted octanol–water partition coefficient (Wildman–Crippen LogP) is 6.48. The van der Waals surface area contributed by atoms with Gasteiger partial charge in [-0.15, -0.1) is 0 Å². The van der Waals surface area contributed by atoms with Crippen molar-refractivity contribution in [3.8, 4) is 11.5 Å². The Balaban J connectivity index is 0.000000249. The molecule has 0 spiro atoms. The maximum absolute atomic E-state index is 13.0. The van der Waals surface area contributed by atoms with Gasteiger partial charge < -0.3 is 37.8 Å². The van der Waals surface area contributed by atoms with Crippen LogP contribution < -0.4 is 16.0 Å². The number of ether oxygens (including phenoxy) is 4. The standard InChI is InChI=1S/C27H39ClN2O6.C15H16ClNO4/c1-7-29(8-2)11-10-20-18(4)21-16-19(17-30-12-14-33-15-13-30)23(22(28)24(21)35-25(20)31)36-27(5,6)26(32)34-9-3;1-9-6-12(18)21-15-11(9)7-10(14(19)13(15)16)8-17-2-4-20-5-3-17/h16H,7-15,17H2,1-6H3;6-7,19H,2-5,8H2,1H3. The van der Waals surface area contributed by atoms with E-state index in [0.29, 0.717) is 57.3 Å². The summed E-state index contributed by atoms with van der Waals surface area (Å²) in [6, 6.07) is 5.24. The molecule has 0 bridgehead atoms. The number of fused-ring (bicyclic) bond motifs is 2. The molecule has 2 aromatic carbocycles. The molecule has 2 aliphatic heterocycles. The number of aryl methyl sites for hydroxylation is 2. The highest BCUT2D eigenvalue weighted by molar-refractivity contribution is 6.37. The number of aromatic hydroxyl groups is 1. The van der Waals surface area contributed by atoms with Gasteiger partial charge in [0.1, 0.15) is 21.5 Å². The van der Waals surface area contributed by atoms with Crippen molar-refractivity contribution in [1.82, 2.24) is 14.7 Å². The van der Waals surface area contributed by atoms with E-state index < -0.39 is 22.8 Å². The summed E-state index contributed by atoms with van der Waals surface area (Å²) in [5.41, 5.74) is 2.20. The number of phenolic OH excluding ortho intramolecular Hbond substituents is 1. The van der Waals surface area contributed by atoms with Crippen LogP contribution in [0.1, 0.15) is 62.4 Å². The molecule has 4 aromatic rings. The van der Waals surface area contributed by atoms with Crippen LogP contribution in [0.5, 0.6) is 11.5 Å². The van der Waals surface area contributed by atoms with Crippen molar-refractivity contribution in [3.05, 3.63) is 76.9 Å². The number of carbonyl (C=O) groups is 1. The minimum Gasteiger partial charge on any atom is -0.506 e. The molecule has 2 aromatic heterocycles. The van der Waals surface area contributed by atoms with Gasteiger partial charge in [0.15, 0.2) is 16.8 Å². The molecule has 4 heterocycles. The van der Waals surface area contributed by atoms with Crippen LogP contribution in [0.3, 0.4) is 0 Å². The number of hydrogen-bond acceptors (Lipinski definition) is 13. The van der Waals surface area contributed by atoms with Gasteiger partial charge in [-0.25, -0.2) is 14.4 Å². The summed E-state index contributed by atoms with van der Waals surface area (Å²) < 4.78 is 33.1. The van der Waals surface area contributed by atoms with Crippen LogP contribution in [0.15, 0.2) is 36.6 Å². The van der Waals surface area contributed by atoms with E-state index in [9.17, 15) is 19.5 Å². The maximum atomic E-state index is 13.0. The second-order valence-electron chi connectivity index (χ2n) is 14.8. The lowest BCUT2D eigenvalue weighted by atomic mass is 10.00. The molecule has 0 unspecified atom stereocenters. The maximum Gasteiger partial charge on any atom is 0.349 e. The van der Waals surface area contributed by atoms with E-state index in [2.05, 4.69) is 28.5 Å². The molecular weight excluding hydrogens is 777 g/mol. The van der Waals surface area contributed by atoms with Gasteiger partial charge in [0.2, 0.25) is 0 Å². The number of phenols is 1. The number of nitrogens with zero attached hydrogens (tertiary/aromatic N) is 3. The quantitative estimate of drug-likeness (QED) is 0.116. The Morgan fingerprint density at radius 1 is 0.842 bits per heavy atom. The Hall–Kier alpha value is -3.69. The molecule has 2 aliphatic rings. The fourth-order valence-corrected chi connectivity index (χ4v) is 7.58. The van der Waals surface area contributed by atoms with Crippen LogP contribution in [0.2, 0.25) is 10.0 Å². The largest absolute Gasteiger partial charge is 0.506 e. The summed E-state index contributed by atoms with van der Waals surface area (Å²) >= 11 is 13.0. The van der Waals surface area contributed by atoms with Gasteiger partial charge in [-0.2, -0.15) is 0 Å². The fraction of sp³-hybridized carbons (Fsp3) is 0.548. The third-order valence-electron chi connectivity index (χ3n) is 10.5. The molecule has 0 saturated carbocycles. The minimum atomic E-state index is -1.29. The van der Waals surface area contributed by atoms with E-state index in [1.807, 2.05) is 26.0 Å². The van der Waals surface area contributed by atoms with Gasteiger partial charge in [-0.05, 0) is 77.4 Å². The van der Waals surface area contributed by atoms with Crippen LogP contribution in [0, 0.1) is 13.8 Å². The highest BCUT2D eigenvalue weighted by Crippen LogP contribution is 2.41. The van der Waals surface area contributed by atoms with E-state index in [1.165, 1.54) is 6.07 Å². The molecular formula is C42H55Cl2N3O10. The SMILES string of the molecule is CCOC(=O)C(C)(C)Oc1c(CN2CCOCC2)cc2c(C)c(CCN(CC)CC)c(=O)oc2c1Cl.Cc1cc(=O)oc2c(Cl)c(O)c(CN3CCOCC3)cc12. The van der Waals surface area contributed by atoms with Crippen molar-refractivity contribution in [2.24, 2.45) is 0 Å². The van der Waals surface area contributed by atoms with E-state index in [0.717, 1.165) is 78.8 Å². The Morgan fingerprint density at radius 3 is 1.98 bits per heavy atom. The van der Waals surface area contributed by atoms with Crippen molar-refractivity contribution >= 4 is 51.1 Å². The van der Waals surface area contributed by atoms with Crippen LogP contribution >= 0.6 is 23.2 Å². The first kappa shape index (κ1) is 44.4. The van der Waals surface area contributed by atoms with Gasteiger partial charge in [0.05, 0.1) is 33.0 Å². The summed E-state index contributed by atoms with van der Waals surface area (Å²) in [6.45, 7) is 22.8. The van der Waals surface area contributed by atoms with Crippen LogP contribution in [0.4, 0.5) is 0 Å². The zero-order valence-electron chi connectivity index (χ0n) is 34.1. The second-order valence-corrected chi connectivity index (χ2v) is 15.5. The van der Waals surface area contributed by atoms with E-state index in [-0.39, 0.29) is 33.6 Å². The van der Waals surface area contributed by atoms with Crippen LogP contribution in [-0.2, 0) is 38.5 Å². The van der Waals surface area contributed by atoms with Gasteiger partial charge in [0.25, 0.3) is 0 Å². The summed E-state index contributed by atoms with van der Waals surface area (Å²) in [7, 11) is 0. The lowest BCUT2D eigenvalue weighted by Crippen LogP contribution is -2.40. The average molecular weight is 833 g/mol. The molecule has 57 heavy (non-hydrogen) atoms. The number of rotatable bonds is 13. The zero-order valence-corrected chi connectivity index (χ0v) is 35.6. The monoisotopic (exact) mass is 831 g/mol. The van der Waals surface area contributed by atoms with Gasteiger partial charge >= 0.3 is 17.2 Å². The summed E-state index contributed by atoms with van der Waals surface area (Å²) in [5, 5.41) is 12.1. The van der Waals surface area contributed by atoms with E-state index >= 15 is 0 Å². The Bertz CT molecular complexity index is 2150. The topological polar surface area (TPSA) is 144 Å². The summed E-state index contributed by atoms with van der Waals surface area (Å²) in [4.78, 5) is 43.7. The normalized spacial score (nSPS) is 15.5. The molecule has 2 saturated heterocycles. The Kier molecular flexibility index (Phi) is 15.5. The third kappa shape index (κ3) is 10.7. The zero-order chi connectivity index (χ0) is 41.4. The highest BCUT2D eigenvalue weighted by atomic mass is 35.5. The number of esters is 1. The summed E-state index contributed by atoms with van der Waals surface area (Å²) in [6.07, 6.45) is 0.594. The molecule has 15 heteroatoms. The summed E-state index contributed by atoms with van der Waals surface area (Å²) in [5.74, 6) is -0.195. The molecule has 0 radical (unpaired) electrons. The van der Waals surface area contributed by atoms with E-state index in [4.69, 9.17) is 51.0 Å². The Morgan fingerprint density at radius 2 is 1.40 bits per heavy atom. The number of morpholine rings is 2. The van der Waals surface area contributed by atoms with Crippen molar-refractivity contribution in [1.29, 1.82) is 0 Å². The third-order valence-corrected chi connectivity index (χ3v) is 11.2. The smallest absolute Gasteiger partial charge is 0.349 e. The average Bonchev–Trinajstić information content (AvgIpc) is 3.19. The minimum absolute atomic E-state index is 0.0237. The molecule has 0 atom stereocenters. The predicted molar refractivity (Wildman–Crippen MR) is 221 cm³/mol. The molecule has 6 rings (SSSR count). The van der Waals surface area contributed by atoms with Gasteiger partial charge in [0, 0.05) is 79.3 Å². The molecule has 0 aliphatic carbocycles. The van der Waals surface area contributed by atoms with Crippen LogP contribution in [0.25, 0.3) is 21.9 Å². The first-order valence-electron chi connectivity index (χ1n) is 19.6. The molecule has 2 fully saturated rings. The second kappa shape index (κ2) is 19.8. The van der Waals surface area contributed by atoms with Crippen LogP contribution in [-0.4, -0.2) is 110 Å². The molecule has 312 valence electrons. The van der Waals surface area contributed by atoms with Crippen molar-refractivity contribution in [2.45, 2.75) is 73.6 Å². The lowest BCUT2D eigenvalue weighted by Gasteiger charge is -2.30. The highest BCUT2D eigenvalue weighted by Gasteiger charge is 2.34. The van der Waals surface area contributed by atoms with Crippen molar-refractivity contribution in [2.75, 3.05) is 78.8 Å². The van der Waals surface area contributed by atoms with E-state index in [1.54, 1.807) is 20.8 Å². The molecule has 13 nitrogen and oxygen atoms in total. The van der Waals surface area contributed by atoms with Crippen molar-refractivity contribution in [3.63, 3.8) is 0 Å². The van der Waals surface area contributed by atoms with Gasteiger partial charge in [-0.1, -0.05) is 37.0 Å².